The van der Waals surface area contributed by atoms with Crippen molar-refractivity contribution in [1.29, 1.82) is 0 Å². The monoisotopic (exact) mass is 338 g/mol. The first-order valence-corrected chi connectivity index (χ1v) is 8.24. The van der Waals surface area contributed by atoms with Gasteiger partial charge in [0.15, 0.2) is 0 Å². The molecule has 25 heavy (non-hydrogen) atoms. The summed E-state index contributed by atoms with van der Waals surface area (Å²) in [6, 6.07) is 10.0. The highest BCUT2D eigenvalue weighted by molar-refractivity contribution is 5.88. The molecular formula is C18H22N6O. The summed E-state index contributed by atoms with van der Waals surface area (Å²) < 4.78 is 3.67. The van der Waals surface area contributed by atoms with Gasteiger partial charge in [-0.1, -0.05) is 24.3 Å². The fourth-order valence-corrected chi connectivity index (χ4v) is 2.46. The molecule has 0 aliphatic rings. The highest BCUT2D eigenvalue weighted by Crippen LogP contribution is 2.10. The number of nitrogens with one attached hydrogen (secondary N) is 2. The second-order valence-corrected chi connectivity index (χ2v) is 6.13. The van der Waals surface area contributed by atoms with Crippen molar-refractivity contribution >= 4 is 11.7 Å². The fraction of sp³-hybridized carbons (Fsp3) is 0.278. The Hall–Kier alpha value is -3.09. The largest absolute Gasteiger partial charge is 0.334 e. The van der Waals surface area contributed by atoms with Gasteiger partial charge in [0.05, 0.1) is 18.4 Å². The van der Waals surface area contributed by atoms with E-state index in [0.29, 0.717) is 18.8 Å². The normalized spacial score (nSPS) is 10.8. The highest BCUT2D eigenvalue weighted by Gasteiger charge is 2.06. The lowest BCUT2D eigenvalue weighted by atomic mass is 10.1. The van der Waals surface area contributed by atoms with Crippen LogP contribution in [0.1, 0.15) is 31.0 Å². The van der Waals surface area contributed by atoms with Crippen LogP contribution in [0.3, 0.4) is 0 Å². The summed E-state index contributed by atoms with van der Waals surface area (Å²) in [6.45, 7) is 5.23. The van der Waals surface area contributed by atoms with Crippen LogP contribution in [0.4, 0.5) is 10.5 Å². The number of amides is 2. The maximum atomic E-state index is 12.0. The summed E-state index contributed by atoms with van der Waals surface area (Å²) in [5.74, 6) is 0. The maximum absolute atomic E-state index is 12.0. The molecule has 1 aromatic carbocycles. The van der Waals surface area contributed by atoms with E-state index in [2.05, 4.69) is 26.9 Å². The third-order valence-electron chi connectivity index (χ3n) is 3.74. The lowest BCUT2D eigenvalue weighted by Gasteiger charge is -2.08. The Bertz CT molecular complexity index is 822. The summed E-state index contributed by atoms with van der Waals surface area (Å²) in [6.07, 6.45) is 7.14. The van der Waals surface area contributed by atoms with E-state index in [1.54, 1.807) is 17.1 Å². The molecule has 2 amide bonds. The summed E-state index contributed by atoms with van der Waals surface area (Å²) >= 11 is 0. The molecule has 0 fully saturated rings. The number of anilines is 1. The number of nitrogens with zero attached hydrogens (tertiary/aromatic N) is 4. The minimum Gasteiger partial charge on any atom is -0.334 e. The average Bonchev–Trinajstić information content (AvgIpc) is 3.25. The number of benzene rings is 1. The van der Waals surface area contributed by atoms with Crippen molar-refractivity contribution in [2.75, 3.05) is 5.32 Å². The third kappa shape index (κ3) is 4.69. The molecule has 7 nitrogen and oxygen atoms in total. The van der Waals surface area contributed by atoms with E-state index < -0.39 is 0 Å². The Morgan fingerprint density at radius 1 is 1.20 bits per heavy atom. The van der Waals surface area contributed by atoms with E-state index in [9.17, 15) is 4.79 Å². The quantitative estimate of drug-likeness (QED) is 0.725. The molecule has 0 spiro atoms. The first-order chi connectivity index (χ1) is 12.1. The number of carbonyl (C=O) groups is 1. The van der Waals surface area contributed by atoms with E-state index in [-0.39, 0.29) is 12.1 Å². The van der Waals surface area contributed by atoms with Gasteiger partial charge in [-0.25, -0.2) is 4.79 Å². The number of aromatic nitrogens is 4. The maximum Gasteiger partial charge on any atom is 0.319 e. The smallest absolute Gasteiger partial charge is 0.319 e. The molecule has 7 heteroatoms. The first kappa shape index (κ1) is 16.8. The second-order valence-electron chi connectivity index (χ2n) is 6.13. The molecule has 3 rings (SSSR count). The number of urea groups is 1. The molecule has 2 N–H and O–H groups in total. The van der Waals surface area contributed by atoms with Crippen LogP contribution >= 0.6 is 0 Å². The first-order valence-electron chi connectivity index (χ1n) is 8.24. The van der Waals surface area contributed by atoms with Crippen molar-refractivity contribution < 1.29 is 4.79 Å². The molecule has 0 atom stereocenters. The van der Waals surface area contributed by atoms with Gasteiger partial charge in [-0.15, -0.1) is 0 Å². The van der Waals surface area contributed by atoms with Crippen LogP contribution in [0.5, 0.6) is 0 Å². The number of rotatable bonds is 6. The van der Waals surface area contributed by atoms with Gasteiger partial charge in [0.25, 0.3) is 0 Å². The molecule has 2 heterocycles. The molecule has 0 radical (unpaired) electrons. The van der Waals surface area contributed by atoms with E-state index in [1.165, 1.54) is 0 Å². The molecule has 0 aliphatic heterocycles. The van der Waals surface area contributed by atoms with Crippen LogP contribution in [0.15, 0.2) is 55.1 Å². The van der Waals surface area contributed by atoms with Crippen molar-refractivity contribution in [3.8, 4) is 0 Å². The van der Waals surface area contributed by atoms with E-state index in [1.807, 2.05) is 55.2 Å². The Morgan fingerprint density at radius 3 is 2.76 bits per heavy atom. The molecule has 0 saturated carbocycles. The topological polar surface area (TPSA) is 76.8 Å². The van der Waals surface area contributed by atoms with E-state index in [0.717, 1.165) is 11.1 Å². The van der Waals surface area contributed by atoms with Crippen LogP contribution in [-0.2, 0) is 13.1 Å². The number of hydrogen-bond donors (Lipinski definition) is 2. The highest BCUT2D eigenvalue weighted by atomic mass is 16.2. The van der Waals surface area contributed by atoms with Crippen molar-refractivity contribution in [2.24, 2.45) is 0 Å². The van der Waals surface area contributed by atoms with Crippen molar-refractivity contribution in [1.82, 2.24) is 24.9 Å². The molecular weight excluding hydrogens is 316 g/mol. The van der Waals surface area contributed by atoms with Crippen LogP contribution in [0.25, 0.3) is 0 Å². The fourth-order valence-electron chi connectivity index (χ4n) is 2.46. The predicted molar refractivity (Wildman–Crippen MR) is 96.2 cm³/mol. The van der Waals surface area contributed by atoms with Gasteiger partial charge in [0.2, 0.25) is 0 Å². The number of carbonyl (C=O) groups excluding carboxylic acids is 1. The van der Waals surface area contributed by atoms with Gasteiger partial charge in [0, 0.05) is 31.2 Å². The van der Waals surface area contributed by atoms with Gasteiger partial charge in [-0.05, 0) is 31.0 Å². The SMILES string of the molecule is CC(C)n1cc(NC(=O)NCc2cccc(Cn3cccn3)c2)cn1. The van der Waals surface area contributed by atoms with E-state index in [4.69, 9.17) is 0 Å². The summed E-state index contributed by atoms with van der Waals surface area (Å²) in [5, 5.41) is 14.1. The standard InChI is InChI=1S/C18H22N6O/c1-14(2)24-13-17(11-21-24)22-18(25)19-10-15-5-3-6-16(9-15)12-23-8-4-7-20-23/h3-9,11,13-14H,10,12H2,1-2H3,(H2,19,22,25). The third-order valence-corrected chi connectivity index (χ3v) is 3.74. The average molecular weight is 338 g/mol. The Balaban J connectivity index is 1.53. The molecule has 2 aromatic heterocycles. The lowest BCUT2D eigenvalue weighted by molar-refractivity contribution is 0.251. The zero-order valence-electron chi connectivity index (χ0n) is 14.4. The van der Waals surface area contributed by atoms with Crippen LogP contribution in [0.2, 0.25) is 0 Å². The van der Waals surface area contributed by atoms with Gasteiger partial charge in [-0.2, -0.15) is 10.2 Å². The molecule has 0 aliphatic carbocycles. The molecule has 0 unspecified atom stereocenters. The van der Waals surface area contributed by atoms with Crippen LogP contribution in [0, 0.1) is 0 Å². The van der Waals surface area contributed by atoms with Crippen LogP contribution in [-0.4, -0.2) is 25.6 Å². The molecule has 0 bridgehead atoms. The lowest BCUT2D eigenvalue weighted by Crippen LogP contribution is -2.28. The van der Waals surface area contributed by atoms with Crippen LogP contribution < -0.4 is 10.6 Å². The minimum atomic E-state index is -0.249. The summed E-state index contributed by atoms with van der Waals surface area (Å²) in [5.41, 5.74) is 2.86. The minimum absolute atomic E-state index is 0.249. The van der Waals surface area contributed by atoms with E-state index >= 15 is 0 Å². The summed E-state index contributed by atoms with van der Waals surface area (Å²) in [7, 11) is 0. The number of hydrogen-bond acceptors (Lipinski definition) is 3. The zero-order valence-corrected chi connectivity index (χ0v) is 14.4. The van der Waals surface area contributed by atoms with Gasteiger partial charge < -0.3 is 10.6 Å². The van der Waals surface area contributed by atoms with Gasteiger partial charge in [0.1, 0.15) is 0 Å². The Morgan fingerprint density at radius 2 is 2.04 bits per heavy atom. The van der Waals surface area contributed by atoms with Gasteiger partial charge >= 0.3 is 6.03 Å². The second kappa shape index (κ2) is 7.65. The Kier molecular flexibility index (Phi) is 5.13. The van der Waals surface area contributed by atoms with Crippen molar-refractivity contribution in [3.63, 3.8) is 0 Å². The van der Waals surface area contributed by atoms with Crippen molar-refractivity contribution in [3.05, 3.63) is 66.2 Å². The predicted octanol–water partition coefficient (Wildman–Crippen LogP) is 3.03. The van der Waals surface area contributed by atoms with Gasteiger partial charge in [-0.3, -0.25) is 9.36 Å². The van der Waals surface area contributed by atoms with Crippen molar-refractivity contribution in [2.45, 2.75) is 33.0 Å². The zero-order chi connectivity index (χ0) is 17.6. The molecule has 3 aromatic rings. The molecule has 0 saturated heterocycles. The Labute approximate surface area is 146 Å². The molecule has 130 valence electrons. The summed E-state index contributed by atoms with van der Waals surface area (Å²) in [4.78, 5) is 12.0.